The van der Waals surface area contributed by atoms with Crippen molar-refractivity contribution in [3.05, 3.63) is 59.3 Å². The van der Waals surface area contributed by atoms with Crippen molar-refractivity contribution in [3.63, 3.8) is 0 Å². The van der Waals surface area contributed by atoms with E-state index in [1.165, 1.54) is 29.3 Å². The average Bonchev–Trinajstić information content (AvgIpc) is 2.87. The molecule has 3 heterocycles. The van der Waals surface area contributed by atoms with Gasteiger partial charge in [-0.15, -0.1) is 0 Å². The van der Waals surface area contributed by atoms with Crippen LogP contribution in [0.25, 0.3) is 10.9 Å². The van der Waals surface area contributed by atoms with Gasteiger partial charge in [-0.25, -0.2) is 8.42 Å². The van der Waals surface area contributed by atoms with E-state index in [2.05, 4.69) is 28.1 Å². The molecule has 2 aliphatic heterocycles. The lowest BCUT2D eigenvalue weighted by atomic mass is 10.0. The molecule has 5 rings (SSSR count). The topological polar surface area (TPSA) is 60.3 Å². The van der Waals surface area contributed by atoms with Gasteiger partial charge in [0.1, 0.15) is 10.6 Å². The Balaban J connectivity index is 1.65. The van der Waals surface area contributed by atoms with Gasteiger partial charge in [0.15, 0.2) is 9.84 Å². The maximum Gasteiger partial charge on any atom is 0.186 e. The minimum atomic E-state index is -3.52. The summed E-state index contributed by atoms with van der Waals surface area (Å²) >= 11 is 0. The summed E-state index contributed by atoms with van der Waals surface area (Å²) in [6, 6.07) is 13.3. The molecule has 6 heteroatoms. The monoisotopic (exact) mass is 396 g/mol. The predicted molar refractivity (Wildman–Crippen MR) is 110 cm³/mol. The highest BCUT2D eigenvalue weighted by atomic mass is 32.2. The molecule has 3 aromatic rings. The number of rotatable bonds is 3. The van der Waals surface area contributed by atoms with Gasteiger partial charge >= 0.3 is 0 Å². The number of para-hydroxylation sites is 2. The average molecular weight is 397 g/mol. The summed E-state index contributed by atoms with van der Waals surface area (Å²) in [5.41, 5.74) is 5.05. The smallest absolute Gasteiger partial charge is 0.186 e. The number of sulfone groups is 1. The highest BCUT2D eigenvalue weighted by Gasteiger charge is 2.36. The van der Waals surface area contributed by atoms with Crippen LogP contribution in [0.15, 0.2) is 47.4 Å². The Morgan fingerprint density at radius 1 is 1.07 bits per heavy atom. The van der Waals surface area contributed by atoms with Crippen LogP contribution in [-0.2, 0) is 35.6 Å². The van der Waals surface area contributed by atoms with Crippen LogP contribution in [0.1, 0.15) is 16.8 Å². The number of methoxy groups -OCH3 is 1. The Labute approximate surface area is 165 Å². The van der Waals surface area contributed by atoms with Crippen molar-refractivity contribution in [2.75, 3.05) is 20.2 Å². The molecule has 5 nitrogen and oxygen atoms in total. The zero-order valence-corrected chi connectivity index (χ0v) is 16.8. The van der Waals surface area contributed by atoms with Crippen molar-refractivity contribution in [1.29, 1.82) is 0 Å². The third kappa shape index (κ3) is 2.58. The van der Waals surface area contributed by atoms with E-state index in [-0.39, 0.29) is 4.90 Å². The Morgan fingerprint density at radius 2 is 1.89 bits per heavy atom. The van der Waals surface area contributed by atoms with Crippen LogP contribution in [-0.4, -0.2) is 38.4 Å². The van der Waals surface area contributed by atoms with Gasteiger partial charge in [-0.2, -0.15) is 0 Å². The Bertz CT molecular complexity index is 1160. The lowest BCUT2D eigenvalue weighted by Gasteiger charge is -2.27. The van der Waals surface area contributed by atoms with Crippen LogP contribution in [0.2, 0.25) is 0 Å². The summed E-state index contributed by atoms with van der Waals surface area (Å²) in [6.07, 6.45) is 2.47. The van der Waals surface area contributed by atoms with Gasteiger partial charge in [-0.1, -0.05) is 30.3 Å². The standard InChI is InChI=1S/C22H24N2O3S/c1-27-20-7-2-3-8-21(20)28(25,26)16-13-15-5-4-6-18-17-9-11-23-12-10-19(17)24(14-16)22(15)18/h2-8,16,23H,9-14H2,1H3. The summed E-state index contributed by atoms with van der Waals surface area (Å²) in [4.78, 5) is 0.290. The van der Waals surface area contributed by atoms with Gasteiger partial charge in [-0.05, 0) is 42.6 Å². The van der Waals surface area contributed by atoms with E-state index in [1.54, 1.807) is 24.3 Å². The molecule has 0 spiro atoms. The largest absolute Gasteiger partial charge is 0.495 e. The van der Waals surface area contributed by atoms with E-state index in [9.17, 15) is 8.42 Å². The van der Waals surface area contributed by atoms with Gasteiger partial charge in [-0.3, -0.25) is 0 Å². The molecule has 1 aromatic heterocycles. The number of ether oxygens (including phenoxy) is 1. The first-order chi connectivity index (χ1) is 13.6. The minimum Gasteiger partial charge on any atom is -0.495 e. The number of benzene rings is 2. The van der Waals surface area contributed by atoms with Crippen molar-refractivity contribution in [2.24, 2.45) is 0 Å². The lowest BCUT2D eigenvalue weighted by Crippen LogP contribution is -2.33. The second-order valence-corrected chi connectivity index (χ2v) is 9.82. The molecule has 146 valence electrons. The normalized spacial score (nSPS) is 19.2. The van der Waals surface area contributed by atoms with E-state index in [0.717, 1.165) is 31.5 Å². The Morgan fingerprint density at radius 3 is 2.75 bits per heavy atom. The van der Waals surface area contributed by atoms with Crippen LogP contribution >= 0.6 is 0 Å². The van der Waals surface area contributed by atoms with Crippen LogP contribution in [0, 0.1) is 0 Å². The lowest BCUT2D eigenvalue weighted by molar-refractivity contribution is 0.402. The van der Waals surface area contributed by atoms with Crippen molar-refractivity contribution in [2.45, 2.75) is 36.0 Å². The van der Waals surface area contributed by atoms with E-state index in [4.69, 9.17) is 4.74 Å². The zero-order valence-electron chi connectivity index (χ0n) is 15.9. The number of fused-ring (bicyclic) bond motifs is 3. The van der Waals surface area contributed by atoms with Crippen molar-refractivity contribution >= 4 is 20.7 Å². The minimum absolute atomic E-state index is 0.290. The molecule has 0 fully saturated rings. The van der Waals surface area contributed by atoms with Gasteiger partial charge < -0.3 is 14.6 Å². The molecular formula is C22H24N2O3S. The third-order valence-corrected chi connectivity index (χ3v) is 8.27. The molecule has 1 N–H and O–H groups in total. The first kappa shape index (κ1) is 17.8. The fraction of sp³-hybridized carbons (Fsp3) is 0.364. The van der Waals surface area contributed by atoms with E-state index in [1.807, 2.05) is 0 Å². The fourth-order valence-corrected chi connectivity index (χ4v) is 6.64. The molecule has 0 amide bonds. The molecule has 28 heavy (non-hydrogen) atoms. The predicted octanol–water partition coefficient (Wildman–Crippen LogP) is 2.74. The molecule has 0 saturated heterocycles. The first-order valence-corrected chi connectivity index (χ1v) is 11.4. The summed E-state index contributed by atoms with van der Waals surface area (Å²) in [5, 5.41) is 4.27. The molecule has 0 bridgehead atoms. The quantitative estimate of drug-likeness (QED) is 0.740. The number of hydrogen-bond donors (Lipinski definition) is 1. The fourth-order valence-electron chi connectivity index (χ4n) is 4.84. The summed E-state index contributed by atoms with van der Waals surface area (Å²) in [5.74, 6) is 0.419. The highest BCUT2D eigenvalue weighted by Crippen LogP contribution is 2.37. The number of nitrogens with one attached hydrogen (secondary N) is 1. The molecule has 0 radical (unpaired) electrons. The Kier molecular flexibility index (Phi) is 4.21. The SMILES string of the molecule is COc1ccccc1S(=O)(=O)C1Cc2cccc3c4c(n(c23)C1)CCNCC4. The Hall–Kier alpha value is -2.31. The van der Waals surface area contributed by atoms with Crippen LogP contribution in [0.4, 0.5) is 0 Å². The number of aromatic nitrogens is 1. The molecule has 0 saturated carbocycles. The number of hydrogen-bond acceptors (Lipinski definition) is 4. The zero-order chi connectivity index (χ0) is 19.3. The molecule has 2 aliphatic rings. The second kappa shape index (κ2) is 6.64. The van der Waals surface area contributed by atoms with E-state index >= 15 is 0 Å². The molecule has 1 unspecified atom stereocenters. The van der Waals surface area contributed by atoms with Crippen LogP contribution in [0.5, 0.6) is 5.75 Å². The van der Waals surface area contributed by atoms with Crippen molar-refractivity contribution < 1.29 is 13.2 Å². The van der Waals surface area contributed by atoms with Crippen molar-refractivity contribution in [3.8, 4) is 5.75 Å². The van der Waals surface area contributed by atoms with Gasteiger partial charge in [0.05, 0.1) is 17.9 Å². The third-order valence-electron chi connectivity index (χ3n) is 6.13. The molecular weight excluding hydrogens is 372 g/mol. The molecule has 2 aromatic carbocycles. The van der Waals surface area contributed by atoms with E-state index in [0.29, 0.717) is 18.7 Å². The maximum absolute atomic E-state index is 13.5. The number of nitrogens with zero attached hydrogens (tertiary/aromatic N) is 1. The molecule has 1 atom stereocenters. The van der Waals surface area contributed by atoms with Crippen LogP contribution in [0.3, 0.4) is 0 Å². The van der Waals surface area contributed by atoms with Gasteiger partial charge in [0.25, 0.3) is 0 Å². The maximum atomic E-state index is 13.5. The second-order valence-electron chi connectivity index (χ2n) is 7.62. The van der Waals surface area contributed by atoms with Gasteiger partial charge in [0.2, 0.25) is 0 Å². The highest BCUT2D eigenvalue weighted by molar-refractivity contribution is 7.92. The summed E-state index contributed by atoms with van der Waals surface area (Å²) in [7, 11) is -2.00. The van der Waals surface area contributed by atoms with Crippen LogP contribution < -0.4 is 10.1 Å². The first-order valence-electron chi connectivity index (χ1n) is 9.80. The summed E-state index contributed by atoms with van der Waals surface area (Å²) in [6.45, 7) is 2.41. The van der Waals surface area contributed by atoms with Gasteiger partial charge in [0, 0.05) is 30.6 Å². The van der Waals surface area contributed by atoms with Crippen molar-refractivity contribution in [1.82, 2.24) is 9.88 Å². The molecule has 0 aliphatic carbocycles. The summed E-state index contributed by atoms with van der Waals surface area (Å²) < 4.78 is 34.7. The van der Waals surface area contributed by atoms with E-state index < -0.39 is 15.1 Å².